The van der Waals surface area contributed by atoms with Crippen LogP contribution < -0.4 is 0 Å². The van der Waals surface area contributed by atoms with Gasteiger partial charge in [-0.15, -0.1) is 0 Å². The van der Waals surface area contributed by atoms with Crippen LogP contribution in [0.5, 0.6) is 0 Å². The summed E-state index contributed by atoms with van der Waals surface area (Å²) in [7, 11) is 1.62. The number of amides is 1. The number of rotatable bonds is 4. The zero-order valence-electron chi connectivity index (χ0n) is 11.4. The number of nitrogens with zero attached hydrogens (tertiary/aromatic N) is 1. The molecule has 1 rings (SSSR count). The van der Waals surface area contributed by atoms with E-state index in [1.165, 1.54) is 4.90 Å². The van der Waals surface area contributed by atoms with E-state index >= 15 is 0 Å². The molecule has 1 aromatic carbocycles. The van der Waals surface area contributed by atoms with Crippen molar-refractivity contribution >= 4 is 6.09 Å². The Bertz CT molecular complexity index is 384. The highest BCUT2D eigenvalue weighted by molar-refractivity contribution is 5.67. The van der Waals surface area contributed by atoms with Crippen LogP contribution in [0.2, 0.25) is 0 Å². The molecular formula is C14H21NO3. The molecule has 0 saturated heterocycles. The number of hydrogen-bond donors (Lipinski definition) is 1. The normalized spacial score (nSPS) is 12.9. The number of ether oxygens (including phenoxy) is 1. The average Bonchev–Trinajstić information content (AvgIpc) is 2.34. The van der Waals surface area contributed by atoms with Crippen LogP contribution >= 0.6 is 0 Å². The lowest BCUT2D eigenvalue weighted by atomic mass is 10.0. The van der Waals surface area contributed by atoms with Crippen molar-refractivity contribution in [3.8, 4) is 0 Å². The summed E-state index contributed by atoms with van der Waals surface area (Å²) in [6.07, 6.45) is -0.437. The summed E-state index contributed by atoms with van der Waals surface area (Å²) in [4.78, 5) is 13.2. The van der Waals surface area contributed by atoms with Gasteiger partial charge in [-0.3, -0.25) is 0 Å². The monoisotopic (exact) mass is 251 g/mol. The van der Waals surface area contributed by atoms with Crippen molar-refractivity contribution in [1.82, 2.24) is 4.90 Å². The first kappa shape index (κ1) is 14.5. The summed E-state index contributed by atoms with van der Waals surface area (Å²) in [5.74, 6) is 0. The van der Waals surface area contributed by atoms with Gasteiger partial charge in [-0.05, 0) is 26.3 Å². The highest BCUT2D eigenvalue weighted by Gasteiger charge is 2.29. The third kappa shape index (κ3) is 4.04. The summed E-state index contributed by atoms with van der Waals surface area (Å²) in [5, 5.41) is 9.84. The van der Waals surface area contributed by atoms with Crippen molar-refractivity contribution in [3.05, 3.63) is 35.9 Å². The average molecular weight is 251 g/mol. The quantitative estimate of drug-likeness (QED) is 0.894. The van der Waals surface area contributed by atoms with E-state index in [0.717, 1.165) is 5.56 Å². The summed E-state index contributed by atoms with van der Waals surface area (Å²) in [6, 6.07) is 9.17. The van der Waals surface area contributed by atoms with Gasteiger partial charge in [0, 0.05) is 7.05 Å². The van der Waals surface area contributed by atoms with Crippen molar-refractivity contribution in [2.24, 2.45) is 0 Å². The highest BCUT2D eigenvalue weighted by atomic mass is 16.6. The maximum atomic E-state index is 11.8. The number of carbonyl (C=O) groups is 1. The third-order valence-electron chi connectivity index (χ3n) is 3.10. The molecule has 0 saturated carbocycles. The van der Waals surface area contributed by atoms with Crippen LogP contribution in [-0.4, -0.2) is 34.8 Å². The van der Waals surface area contributed by atoms with Crippen LogP contribution in [-0.2, 0) is 11.3 Å². The van der Waals surface area contributed by atoms with Gasteiger partial charge in [-0.1, -0.05) is 30.3 Å². The van der Waals surface area contributed by atoms with Crippen molar-refractivity contribution < 1.29 is 14.6 Å². The second-order valence-corrected chi connectivity index (χ2v) is 4.98. The fourth-order valence-corrected chi connectivity index (χ4v) is 1.45. The van der Waals surface area contributed by atoms with Crippen LogP contribution in [0.4, 0.5) is 4.79 Å². The second kappa shape index (κ2) is 5.87. The Morgan fingerprint density at radius 3 is 2.44 bits per heavy atom. The first-order chi connectivity index (χ1) is 8.32. The molecule has 1 atom stereocenters. The van der Waals surface area contributed by atoms with Crippen molar-refractivity contribution in [2.75, 3.05) is 7.05 Å². The molecule has 0 aromatic heterocycles. The van der Waals surface area contributed by atoms with Crippen LogP contribution in [0.25, 0.3) is 0 Å². The van der Waals surface area contributed by atoms with E-state index in [1.54, 1.807) is 27.8 Å². The van der Waals surface area contributed by atoms with Gasteiger partial charge < -0.3 is 14.7 Å². The Labute approximate surface area is 108 Å². The van der Waals surface area contributed by atoms with Gasteiger partial charge in [0.15, 0.2) is 0 Å². The maximum Gasteiger partial charge on any atom is 0.410 e. The molecule has 4 heteroatoms. The van der Waals surface area contributed by atoms with E-state index in [2.05, 4.69) is 0 Å². The molecule has 0 aliphatic carbocycles. The first-order valence-corrected chi connectivity index (χ1v) is 5.98. The minimum Gasteiger partial charge on any atom is -0.445 e. The van der Waals surface area contributed by atoms with Gasteiger partial charge in [0.05, 0.1) is 11.6 Å². The summed E-state index contributed by atoms with van der Waals surface area (Å²) in [6.45, 7) is 5.35. The smallest absolute Gasteiger partial charge is 0.410 e. The minimum absolute atomic E-state index is 0.239. The predicted octanol–water partition coefficient (Wildman–Crippen LogP) is 2.41. The van der Waals surface area contributed by atoms with E-state index in [-0.39, 0.29) is 12.6 Å². The van der Waals surface area contributed by atoms with E-state index in [4.69, 9.17) is 4.74 Å². The molecule has 1 unspecified atom stereocenters. The Balaban J connectivity index is 2.51. The van der Waals surface area contributed by atoms with Gasteiger partial charge in [-0.25, -0.2) is 4.79 Å². The SMILES string of the molecule is CC(N(C)C(=O)OCc1ccccc1)C(C)(C)O. The number of hydrogen-bond acceptors (Lipinski definition) is 3. The first-order valence-electron chi connectivity index (χ1n) is 5.98. The lowest BCUT2D eigenvalue weighted by Gasteiger charge is -2.33. The fourth-order valence-electron chi connectivity index (χ4n) is 1.45. The molecule has 1 amide bonds. The Morgan fingerprint density at radius 1 is 1.39 bits per heavy atom. The van der Waals surface area contributed by atoms with E-state index in [9.17, 15) is 9.90 Å². The number of carbonyl (C=O) groups excluding carboxylic acids is 1. The van der Waals surface area contributed by atoms with Crippen LogP contribution in [0.15, 0.2) is 30.3 Å². The molecule has 1 N–H and O–H groups in total. The summed E-state index contributed by atoms with van der Waals surface area (Å²) < 4.78 is 5.18. The van der Waals surface area contributed by atoms with Crippen molar-refractivity contribution in [3.63, 3.8) is 0 Å². The molecule has 18 heavy (non-hydrogen) atoms. The van der Waals surface area contributed by atoms with Gasteiger partial charge in [0.1, 0.15) is 6.61 Å². The molecule has 0 spiro atoms. The van der Waals surface area contributed by atoms with Gasteiger partial charge in [0.2, 0.25) is 0 Å². The molecule has 0 aliphatic heterocycles. The molecule has 4 nitrogen and oxygen atoms in total. The molecule has 100 valence electrons. The largest absolute Gasteiger partial charge is 0.445 e. The van der Waals surface area contributed by atoms with Crippen molar-refractivity contribution in [1.29, 1.82) is 0 Å². The molecule has 0 radical (unpaired) electrons. The summed E-state index contributed by atoms with van der Waals surface area (Å²) >= 11 is 0. The van der Waals surface area contributed by atoms with E-state index in [1.807, 2.05) is 30.3 Å². The molecule has 0 heterocycles. The van der Waals surface area contributed by atoms with E-state index < -0.39 is 11.7 Å². The Kier molecular flexibility index (Phi) is 4.73. The molecule has 0 aliphatic rings. The number of aliphatic hydroxyl groups is 1. The Hall–Kier alpha value is -1.55. The van der Waals surface area contributed by atoms with Crippen molar-refractivity contribution in [2.45, 2.75) is 39.0 Å². The molecule has 1 aromatic rings. The zero-order chi connectivity index (χ0) is 13.8. The van der Waals surface area contributed by atoms with Crippen LogP contribution in [0.1, 0.15) is 26.3 Å². The zero-order valence-corrected chi connectivity index (χ0v) is 11.4. The fraction of sp³-hybridized carbons (Fsp3) is 0.500. The van der Waals surface area contributed by atoms with E-state index in [0.29, 0.717) is 0 Å². The third-order valence-corrected chi connectivity index (χ3v) is 3.10. The lowest BCUT2D eigenvalue weighted by molar-refractivity contribution is -0.00549. The molecule has 0 fully saturated rings. The minimum atomic E-state index is -0.958. The summed E-state index contributed by atoms with van der Waals surface area (Å²) in [5.41, 5.74) is -0.0179. The molecule has 0 bridgehead atoms. The second-order valence-electron chi connectivity index (χ2n) is 4.98. The van der Waals surface area contributed by atoms with Crippen LogP contribution in [0, 0.1) is 0 Å². The maximum absolute atomic E-state index is 11.8. The van der Waals surface area contributed by atoms with Gasteiger partial charge >= 0.3 is 6.09 Å². The lowest BCUT2D eigenvalue weighted by Crippen LogP contribution is -2.48. The highest BCUT2D eigenvalue weighted by Crippen LogP contribution is 2.15. The standard InChI is InChI=1S/C14H21NO3/c1-11(14(2,3)17)15(4)13(16)18-10-12-8-6-5-7-9-12/h5-9,11,17H,10H2,1-4H3. The predicted molar refractivity (Wildman–Crippen MR) is 70.1 cm³/mol. The molecular weight excluding hydrogens is 230 g/mol. The number of benzene rings is 1. The Morgan fingerprint density at radius 2 is 1.94 bits per heavy atom. The van der Waals surface area contributed by atoms with Crippen LogP contribution in [0.3, 0.4) is 0 Å². The van der Waals surface area contributed by atoms with Gasteiger partial charge in [0.25, 0.3) is 0 Å². The number of likely N-dealkylation sites (N-methyl/N-ethyl adjacent to an activating group) is 1. The topological polar surface area (TPSA) is 49.8 Å². The van der Waals surface area contributed by atoms with Gasteiger partial charge in [-0.2, -0.15) is 0 Å².